The highest BCUT2D eigenvalue weighted by Crippen LogP contribution is 2.20. The molecule has 1 saturated heterocycles. The SMILES string of the molecule is Cc1ccccc1Cc1c(C)nc(SCC(=O)N2CCC(C)CC2)n(C)c1=O. The Morgan fingerprint density at radius 2 is 1.89 bits per heavy atom. The minimum atomic E-state index is -0.0301. The first-order valence-electron chi connectivity index (χ1n) is 9.88. The first-order valence-corrected chi connectivity index (χ1v) is 10.9. The van der Waals surface area contributed by atoms with Gasteiger partial charge >= 0.3 is 0 Å². The van der Waals surface area contributed by atoms with Gasteiger partial charge in [0.25, 0.3) is 5.56 Å². The summed E-state index contributed by atoms with van der Waals surface area (Å²) >= 11 is 1.36. The van der Waals surface area contributed by atoms with Gasteiger partial charge in [0.05, 0.1) is 5.75 Å². The van der Waals surface area contributed by atoms with Gasteiger partial charge in [0, 0.05) is 37.8 Å². The molecule has 1 aliphatic heterocycles. The quantitative estimate of drug-likeness (QED) is 0.572. The fourth-order valence-corrected chi connectivity index (χ4v) is 4.45. The Morgan fingerprint density at radius 3 is 2.57 bits per heavy atom. The van der Waals surface area contributed by atoms with Crippen LogP contribution < -0.4 is 5.56 Å². The monoisotopic (exact) mass is 399 g/mol. The molecule has 0 spiro atoms. The van der Waals surface area contributed by atoms with Crippen molar-refractivity contribution in [1.82, 2.24) is 14.5 Å². The van der Waals surface area contributed by atoms with E-state index in [4.69, 9.17) is 0 Å². The van der Waals surface area contributed by atoms with E-state index in [0.29, 0.717) is 23.2 Å². The standard InChI is InChI=1S/C22H29N3O2S/c1-15-9-11-25(12-10-15)20(26)14-28-22-23-17(3)19(21(27)24(22)4)13-18-8-6-5-7-16(18)2/h5-8,15H,9-14H2,1-4H3. The van der Waals surface area contributed by atoms with Gasteiger partial charge in [-0.15, -0.1) is 0 Å². The van der Waals surface area contributed by atoms with E-state index in [1.165, 1.54) is 17.3 Å². The van der Waals surface area contributed by atoms with E-state index in [-0.39, 0.29) is 11.5 Å². The van der Waals surface area contributed by atoms with Crippen molar-refractivity contribution in [2.24, 2.45) is 13.0 Å². The Hall–Kier alpha value is -2.08. The molecule has 0 saturated carbocycles. The first kappa shape index (κ1) is 20.6. The summed E-state index contributed by atoms with van der Waals surface area (Å²) in [5.41, 5.74) is 3.74. The van der Waals surface area contributed by atoms with Crippen LogP contribution >= 0.6 is 11.8 Å². The predicted octanol–water partition coefficient (Wildman–Crippen LogP) is 3.34. The minimum Gasteiger partial charge on any atom is -0.342 e. The molecule has 3 rings (SSSR count). The second kappa shape index (κ2) is 8.95. The van der Waals surface area contributed by atoms with Crippen LogP contribution in [0, 0.1) is 19.8 Å². The average Bonchev–Trinajstić information content (AvgIpc) is 2.68. The fraction of sp³-hybridized carbons (Fsp3) is 0.500. The smallest absolute Gasteiger partial charge is 0.257 e. The Bertz CT molecular complexity index is 914. The highest BCUT2D eigenvalue weighted by atomic mass is 32.2. The number of likely N-dealkylation sites (tertiary alicyclic amines) is 1. The van der Waals surface area contributed by atoms with E-state index in [1.54, 1.807) is 11.6 Å². The molecule has 150 valence electrons. The van der Waals surface area contributed by atoms with E-state index in [0.717, 1.165) is 42.8 Å². The largest absolute Gasteiger partial charge is 0.342 e. The van der Waals surface area contributed by atoms with Crippen molar-refractivity contribution in [3.05, 3.63) is 57.0 Å². The molecular weight excluding hydrogens is 370 g/mol. The van der Waals surface area contributed by atoms with Crippen LogP contribution in [-0.2, 0) is 18.3 Å². The van der Waals surface area contributed by atoms with Crippen molar-refractivity contribution < 1.29 is 4.79 Å². The number of hydrogen-bond acceptors (Lipinski definition) is 4. The van der Waals surface area contributed by atoms with Gasteiger partial charge in [-0.25, -0.2) is 4.98 Å². The molecule has 1 aliphatic rings. The zero-order valence-corrected chi connectivity index (χ0v) is 18.0. The van der Waals surface area contributed by atoms with E-state index in [9.17, 15) is 9.59 Å². The lowest BCUT2D eigenvalue weighted by molar-refractivity contribution is -0.129. The number of aromatic nitrogens is 2. The normalized spacial score (nSPS) is 15.1. The molecule has 0 bridgehead atoms. The van der Waals surface area contributed by atoms with Crippen molar-refractivity contribution in [2.75, 3.05) is 18.8 Å². The Morgan fingerprint density at radius 1 is 1.21 bits per heavy atom. The van der Waals surface area contributed by atoms with Crippen molar-refractivity contribution in [3.63, 3.8) is 0 Å². The number of amides is 1. The number of carbonyl (C=O) groups excluding carboxylic acids is 1. The Kier molecular flexibility index (Phi) is 6.60. The number of rotatable bonds is 5. The molecular formula is C22H29N3O2S. The third kappa shape index (κ3) is 4.66. The van der Waals surface area contributed by atoms with Crippen molar-refractivity contribution >= 4 is 17.7 Å². The van der Waals surface area contributed by atoms with E-state index < -0.39 is 0 Å². The third-order valence-electron chi connectivity index (χ3n) is 5.64. The summed E-state index contributed by atoms with van der Waals surface area (Å²) in [5, 5.41) is 0.606. The zero-order valence-electron chi connectivity index (χ0n) is 17.2. The topological polar surface area (TPSA) is 55.2 Å². The number of aryl methyl sites for hydroxylation is 2. The van der Waals surface area contributed by atoms with Gasteiger partial charge in [-0.05, 0) is 43.7 Å². The number of hydrogen-bond donors (Lipinski definition) is 0. The number of piperidine rings is 1. The Labute approximate surface area is 171 Å². The summed E-state index contributed by atoms with van der Waals surface area (Å²) in [6, 6.07) is 8.10. The molecule has 1 fully saturated rings. The first-order chi connectivity index (χ1) is 13.4. The lowest BCUT2D eigenvalue weighted by Gasteiger charge is -2.30. The minimum absolute atomic E-state index is 0.0301. The van der Waals surface area contributed by atoms with Gasteiger partial charge in [0.15, 0.2) is 5.16 Å². The summed E-state index contributed by atoms with van der Waals surface area (Å²) in [4.78, 5) is 32.0. The molecule has 0 unspecified atom stereocenters. The molecule has 0 atom stereocenters. The van der Waals surface area contributed by atoms with Crippen LogP contribution in [0.3, 0.4) is 0 Å². The van der Waals surface area contributed by atoms with Gasteiger partial charge in [-0.2, -0.15) is 0 Å². The summed E-state index contributed by atoms with van der Waals surface area (Å²) < 4.78 is 1.58. The number of benzene rings is 1. The van der Waals surface area contributed by atoms with Gasteiger partial charge in [-0.1, -0.05) is 43.0 Å². The number of carbonyl (C=O) groups is 1. The molecule has 2 aromatic rings. The lowest BCUT2D eigenvalue weighted by atomic mass is 9.99. The van der Waals surface area contributed by atoms with Crippen LogP contribution in [0.4, 0.5) is 0 Å². The second-order valence-corrected chi connectivity index (χ2v) is 8.72. The van der Waals surface area contributed by atoms with Crippen LogP contribution in [0.15, 0.2) is 34.2 Å². The molecule has 0 aliphatic carbocycles. The molecule has 5 nitrogen and oxygen atoms in total. The van der Waals surface area contributed by atoms with Crippen LogP contribution in [-0.4, -0.2) is 39.2 Å². The van der Waals surface area contributed by atoms with Gasteiger partial charge in [-0.3, -0.25) is 14.2 Å². The molecule has 28 heavy (non-hydrogen) atoms. The Balaban J connectivity index is 1.72. The molecule has 2 heterocycles. The third-order valence-corrected chi connectivity index (χ3v) is 6.65. The average molecular weight is 400 g/mol. The molecule has 6 heteroatoms. The summed E-state index contributed by atoms with van der Waals surface area (Å²) in [5.74, 6) is 1.15. The van der Waals surface area contributed by atoms with Gasteiger partial charge < -0.3 is 4.90 Å². The number of nitrogens with zero attached hydrogens (tertiary/aromatic N) is 3. The van der Waals surface area contributed by atoms with Crippen molar-refractivity contribution in [1.29, 1.82) is 0 Å². The molecule has 1 amide bonds. The zero-order chi connectivity index (χ0) is 20.3. The summed E-state index contributed by atoms with van der Waals surface area (Å²) in [7, 11) is 1.74. The summed E-state index contributed by atoms with van der Waals surface area (Å²) in [6.45, 7) is 7.84. The maximum atomic E-state index is 12.9. The van der Waals surface area contributed by atoms with Crippen LogP contribution in [0.25, 0.3) is 0 Å². The molecule has 1 aromatic heterocycles. The van der Waals surface area contributed by atoms with Gasteiger partial charge in [0.2, 0.25) is 5.91 Å². The van der Waals surface area contributed by atoms with E-state index in [2.05, 4.69) is 31.0 Å². The maximum Gasteiger partial charge on any atom is 0.257 e. The lowest BCUT2D eigenvalue weighted by Crippen LogP contribution is -2.39. The van der Waals surface area contributed by atoms with Crippen LogP contribution in [0.2, 0.25) is 0 Å². The number of thioether (sulfide) groups is 1. The molecule has 1 aromatic carbocycles. The fourth-order valence-electron chi connectivity index (χ4n) is 3.54. The van der Waals surface area contributed by atoms with Crippen LogP contribution in [0.1, 0.15) is 42.1 Å². The summed E-state index contributed by atoms with van der Waals surface area (Å²) in [6.07, 6.45) is 2.72. The maximum absolute atomic E-state index is 12.9. The van der Waals surface area contributed by atoms with Gasteiger partial charge in [0.1, 0.15) is 0 Å². The molecule has 0 N–H and O–H groups in total. The highest BCUT2D eigenvalue weighted by Gasteiger charge is 2.21. The van der Waals surface area contributed by atoms with E-state index in [1.807, 2.05) is 24.0 Å². The highest BCUT2D eigenvalue weighted by molar-refractivity contribution is 7.99. The van der Waals surface area contributed by atoms with Crippen molar-refractivity contribution in [3.8, 4) is 0 Å². The second-order valence-electron chi connectivity index (χ2n) is 7.78. The molecule has 0 radical (unpaired) electrons. The van der Waals surface area contributed by atoms with Crippen molar-refractivity contribution in [2.45, 2.75) is 45.2 Å². The van der Waals surface area contributed by atoms with Crippen LogP contribution in [0.5, 0.6) is 0 Å². The van der Waals surface area contributed by atoms with E-state index >= 15 is 0 Å². The predicted molar refractivity (Wildman–Crippen MR) is 114 cm³/mol.